The number of hydrogen-bond acceptors (Lipinski definition) is 6. The average Bonchev–Trinajstić information content (AvgIpc) is 2.77. The first-order chi connectivity index (χ1) is 9.01. The molecule has 6 heteroatoms. The monoisotopic (exact) mass is 261 g/mol. The van der Waals surface area contributed by atoms with Crippen LogP contribution in [0.4, 0.5) is 11.8 Å². The van der Waals surface area contributed by atoms with Crippen molar-refractivity contribution in [1.82, 2.24) is 15.1 Å². The van der Waals surface area contributed by atoms with Crippen molar-refractivity contribution in [3.63, 3.8) is 0 Å². The number of nitrogens with zero attached hydrogens (tertiary/aromatic N) is 4. The Hall–Kier alpha value is -2.11. The molecule has 0 aliphatic rings. The third-order valence-electron chi connectivity index (χ3n) is 3.01. The van der Waals surface area contributed by atoms with Gasteiger partial charge >= 0.3 is 0 Å². The standard InChI is InChI=1S/C13H19N5O/c1-5-11-9(3)12(16-13(14)15-11)18(4)7-10-6-8(2)19-17-10/h6H,5,7H2,1-4H3,(H2,14,15,16). The van der Waals surface area contributed by atoms with Crippen LogP contribution in [0, 0.1) is 13.8 Å². The smallest absolute Gasteiger partial charge is 0.222 e. The Kier molecular flexibility index (Phi) is 3.69. The summed E-state index contributed by atoms with van der Waals surface area (Å²) in [5.41, 5.74) is 8.66. The van der Waals surface area contributed by atoms with Gasteiger partial charge in [0.1, 0.15) is 17.3 Å². The van der Waals surface area contributed by atoms with Crippen LogP contribution in [-0.2, 0) is 13.0 Å². The molecule has 2 rings (SSSR count). The van der Waals surface area contributed by atoms with Crippen LogP contribution >= 0.6 is 0 Å². The minimum atomic E-state index is 0.306. The van der Waals surface area contributed by atoms with Crippen LogP contribution in [0.5, 0.6) is 0 Å². The zero-order chi connectivity index (χ0) is 14.0. The predicted octanol–water partition coefficient (Wildman–Crippen LogP) is 1.86. The molecule has 2 aromatic rings. The molecular formula is C13H19N5O. The highest BCUT2D eigenvalue weighted by Crippen LogP contribution is 2.21. The summed E-state index contributed by atoms with van der Waals surface area (Å²) in [5, 5.41) is 3.98. The molecule has 0 aliphatic heterocycles. The molecule has 19 heavy (non-hydrogen) atoms. The molecule has 0 saturated carbocycles. The molecule has 0 unspecified atom stereocenters. The van der Waals surface area contributed by atoms with Crippen molar-refractivity contribution in [3.05, 3.63) is 28.8 Å². The highest BCUT2D eigenvalue weighted by molar-refractivity contribution is 5.50. The third kappa shape index (κ3) is 2.83. The van der Waals surface area contributed by atoms with E-state index in [2.05, 4.69) is 22.0 Å². The number of hydrogen-bond donors (Lipinski definition) is 1. The Morgan fingerprint density at radius 2 is 2.05 bits per heavy atom. The summed E-state index contributed by atoms with van der Waals surface area (Å²) >= 11 is 0. The summed E-state index contributed by atoms with van der Waals surface area (Å²) in [6.07, 6.45) is 0.836. The van der Waals surface area contributed by atoms with E-state index in [9.17, 15) is 0 Å². The molecule has 0 aromatic carbocycles. The number of rotatable bonds is 4. The first-order valence-corrected chi connectivity index (χ1v) is 6.27. The number of anilines is 2. The van der Waals surface area contributed by atoms with E-state index >= 15 is 0 Å². The number of nitrogens with two attached hydrogens (primary N) is 1. The second kappa shape index (κ2) is 5.26. The molecule has 2 aromatic heterocycles. The maximum absolute atomic E-state index is 5.76. The molecule has 2 heterocycles. The molecule has 0 radical (unpaired) electrons. The van der Waals surface area contributed by atoms with Gasteiger partial charge in [-0.3, -0.25) is 0 Å². The maximum Gasteiger partial charge on any atom is 0.222 e. The fraction of sp³-hybridized carbons (Fsp3) is 0.462. The number of aromatic nitrogens is 3. The minimum Gasteiger partial charge on any atom is -0.368 e. The van der Waals surface area contributed by atoms with Gasteiger partial charge in [-0.15, -0.1) is 0 Å². The Morgan fingerprint density at radius 3 is 2.63 bits per heavy atom. The highest BCUT2D eigenvalue weighted by atomic mass is 16.5. The van der Waals surface area contributed by atoms with Crippen LogP contribution in [0.1, 0.15) is 29.6 Å². The summed E-state index contributed by atoms with van der Waals surface area (Å²) in [5.74, 6) is 1.95. The van der Waals surface area contributed by atoms with Crippen LogP contribution in [0.15, 0.2) is 10.6 Å². The van der Waals surface area contributed by atoms with Gasteiger partial charge in [-0.05, 0) is 20.3 Å². The van der Waals surface area contributed by atoms with E-state index in [1.54, 1.807) is 0 Å². The van der Waals surface area contributed by atoms with Gasteiger partial charge in [-0.1, -0.05) is 12.1 Å². The van der Waals surface area contributed by atoms with Crippen molar-refractivity contribution < 1.29 is 4.52 Å². The van der Waals surface area contributed by atoms with Crippen molar-refractivity contribution in [2.75, 3.05) is 17.7 Å². The SMILES string of the molecule is CCc1nc(N)nc(N(C)Cc2cc(C)on2)c1C. The van der Waals surface area contributed by atoms with Gasteiger partial charge < -0.3 is 15.2 Å². The second-order valence-electron chi connectivity index (χ2n) is 4.62. The first kappa shape index (κ1) is 13.3. The summed E-state index contributed by atoms with van der Waals surface area (Å²) in [6.45, 7) is 6.56. The lowest BCUT2D eigenvalue weighted by molar-refractivity contribution is 0.390. The second-order valence-corrected chi connectivity index (χ2v) is 4.62. The van der Waals surface area contributed by atoms with Gasteiger partial charge in [-0.2, -0.15) is 4.98 Å². The fourth-order valence-corrected chi connectivity index (χ4v) is 2.09. The first-order valence-electron chi connectivity index (χ1n) is 6.27. The fourth-order valence-electron chi connectivity index (χ4n) is 2.09. The van der Waals surface area contributed by atoms with Crippen molar-refractivity contribution >= 4 is 11.8 Å². The average molecular weight is 261 g/mol. The van der Waals surface area contributed by atoms with Crippen molar-refractivity contribution in [2.45, 2.75) is 33.7 Å². The normalized spacial score (nSPS) is 10.7. The summed E-state index contributed by atoms with van der Waals surface area (Å²) in [7, 11) is 1.96. The van der Waals surface area contributed by atoms with Crippen LogP contribution < -0.4 is 10.6 Å². The Labute approximate surface area is 112 Å². The minimum absolute atomic E-state index is 0.306. The molecule has 0 fully saturated rings. The van der Waals surface area contributed by atoms with Gasteiger partial charge in [0.05, 0.1) is 12.2 Å². The van der Waals surface area contributed by atoms with Crippen molar-refractivity contribution in [1.29, 1.82) is 0 Å². The van der Waals surface area contributed by atoms with Gasteiger partial charge in [0.2, 0.25) is 5.95 Å². The van der Waals surface area contributed by atoms with Gasteiger partial charge in [0.25, 0.3) is 0 Å². The van der Waals surface area contributed by atoms with E-state index in [4.69, 9.17) is 10.3 Å². The third-order valence-corrected chi connectivity index (χ3v) is 3.01. The van der Waals surface area contributed by atoms with Crippen LogP contribution in [0.3, 0.4) is 0 Å². The molecule has 0 saturated heterocycles. The lowest BCUT2D eigenvalue weighted by Gasteiger charge is -2.20. The van der Waals surface area contributed by atoms with Gasteiger partial charge in [0.15, 0.2) is 0 Å². The summed E-state index contributed by atoms with van der Waals surface area (Å²) in [4.78, 5) is 10.6. The summed E-state index contributed by atoms with van der Waals surface area (Å²) in [6, 6.07) is 1.91. The van der Waals surface area contributed by atoms with E-state index in [0.29, 0.717) is 12.5 Å². The number of nitrogen functional groups attached to an aromatic ring is 1. The maximum atomic E-state index is 5.76. The quantitative estimate of drug-likeness (QED) is 0.904. The van der Waals surface area contributed by atoms with Crippen molar-refractivity contribution in [3.8, 4) is 0 Å². The van der Waals surface area contributed by atoms with E-state index in [-0.39, 0.29) is 0 Å². The molecule has 0 bridgehead atoms. The molecule has 0 atom stereocenters. The van der Waals surface area contributed by atoms with E-state index < -0.39 is 0 Å². The predicted molar refractivity (Wildman–Crippen MR) is 73.9 cm³/mol. The zero-order valence-corrected chi connectivity index (χ0v) is 11.8. The van der Waals surface area contributed by atoms with E-state index in [1.165, 1.54) is 0 Å². The molecule has 102 valence electrons. The zero-order valence-electron chi connectivity index (χ0n) is 11.8. The molecule has 0 amide bonds. The lowest BCUT2D eigenvalue weighted by atomic mass is 10.2. The van der Waals surface area contributed by atoms with Crippen LogP contribution in [0.2, 0.25) is 0 Å². The topological polar surface area (TPSA) is 81.1 Å². The van der Waals surface area contributed by atoms with Crippen LogP contribution in [-0.4, -0.2) is 22.2 Å². The Bertz CT molecular complexity index is 578. The van der Waals surface area contributed by atoms with Gasteiger partial charge in [0, 0.05) is 18.7 Å². The van der Waals surface area contributed by atoms with E-state index in [1.807, 2.05) is 31.9 Å². The lowest BCUT2D eigenvalue weighted by Crippen LogP contribution is -2.21. The number of aryl methyl sites for hydroxylation is 2. The van der Waals surface area contributed by atoms with Gasteiger partial charge in [-0.25, -0.2) is 4.98 Å². The molecule has 2 N–H and O–H groups in total. The molecular weight excluding hydrogens is 242 g/mol. The van der Waals surface area contributed by atoms with E-state index in [0.717, 1.165) is 35.0 Å². The van der Waals surface area contributed by atoms with Crippen molar-refractivity contribution in [2.24, 2.45) is 0 Å². The largest absolute Gasteiger partial charge is 0.368 e. The Balaban J connectivity index is 2.28. The Morgan fingerprint density at radius 1 is 1.32 bits per heavy atom. The molecule has 6 nitrogen and oxygen atoms in total. The molecule has 0 spiro atoms. The molecule has 0 aliphatic carbocycles. The summed E-state index contributed by atoms with van der Waals surface area (Å²) < 4.78 is 5.07. The highest BCUT2D eigenvalue weighted by Gasteiger charge is 2.14. The van der Waals surface area contributed by atoms with Crippen LogP contribution in [0.25, 0.3) is 0 Å².